The molecule has 0 fully saturated rings. The summed E-state index contributed by atoms with van der Waals surface area (Å²) >= 11 is 0. The maximum Gasteiger partial charge on any atom is 0.472 e. The first-order valence-electron chi connectivity index (χ1n) is 31.5. The molecule has 0 aromatic heterocycles. The Morgan fingerprint density at radius 1 is 0.382 bits per heavy atom. The maximum atomic E-state index is 12.9. The number of hydrogen-bond acceptors (Lipinski definition) is 10. The van der Waals surface area contributed by atoms with Gasteiger partial charge in [-0.3, -0.25) is 23.4 Å². The lowest BCUT2D eigenvalue weighted by atomic mass is 10.0. The number of carbonyl (C=O) groups is 3. The summed E-state index contributed by atoms with van der Waals surface area (Å²) < 4.78 is 39.6. The van der Waals surface area contributed by atoms with Crippen molar-refractivity contribution in [3.63, 3.8) is 0 Å². The predicted octanol–water partition coefficient (Wildman–Crippen LogP) is 18.9. The van der Waals surface area contributed by atoms with E-state index in [4.69, 9.17) is 23.3 Å². The fraction of sp³-hybridized carbons (Fsp3) is 0.828. The first kappa shape index (κ1) is 73.4. The van der Waals surface area contributed by atoms with Crippen molar-refractivity contribution in [2.45, 2.75) is 315 Å². The maximum absolute atomic E-state index is 12.9. The number of phosphoric ester groups is 1. The van der Waals surface area contributed by atoms with Gasteiger partial charge < -0.3 is 24.2 Å². The van der Waals surface area contributed by atoms with Gasteiger partial charge in [-0.25, -0.2) is 4.57 Å². The van der Waals surface area contributed by atoms with Crippen LogP contribution in [0.3, 0.4) is 0 Å². The van der Waals surface area contributed by atoms with E-state index in [1.54, 1.807) is 0 Å². The molecule has 0 heterocycles. The third-order valence-electron chi connectivity index (χ3n) is 13.7. The van der Waals surface area contributed by atoms with E-state index in [1.165, 1.54) is 161 Å². The fourth-order valence-electron chi connectivity index (χ4n) is 8.96. The molecule has 0 aromatic rings. The molecule has 0 radical (unpaired) electrons. The van der Waals surface area contributed by atoms with Crippen LogP contribution in [0.4, 0.5) is 0 Å². The summed E-state index contributed by atoms with van der Waals surface area (Å²) in [7, 11) is -4.75. The Kier molecular flexibility index (Phi) is 56.6. The second-order valence-corrected chi connectivity index (χ2v) is 22.7. The number of rotatable bonds is 59. The lowest BCUT2D eigenvalue weighted by Gasteiger charge is -2.21. The molecule has 3 atom stereocenters. The van der Waals surface area contributed by atoms with Crippen molar-refractivity contribution in [2.24, 2.45) is 0 Å². The monoisotopic (exact) mass is 1090 g/mol. The van der Waals surface area contributed by atoms with Crippen LogP contribution in [0.2, 0.25) is 0 Å². The van der Waals surface area contributed by atoms with Gasteiger partial charge in [0.1, 0.15) is 12.7 Å². The van der Waals surface area contributed by atoms with Crippen LogP contribution in [-0.2, 0) is 42.2 Å². The van der Waals surface area contributed by atoms with Gasteiger partial charge in [-0.1, -0.05) is 256 Å². The average Bonchev–Trinajstić information content (AvgIpc) is 3.41. The number of esters is 3. The Morgan fingerprint density at radius 3 is 1.08 bits per heavy atom. The van der Waals surface area contributed by atoms with E-state index in [-0.39, 0.29) is 25.9 Å². The number of carbonyl (C=O) groups excluding carboxylic acids is 3. The van der Waals surface area contributed by atoms with E-state index in [0.29, 0.717) is 19.3 Å². The van der Waals surface area contributed by atoms with Crippen LogP contribution < -0.4 is 0 Å². The molecule has 0 aromatic carbocycles. The molecule has 2 N–H and O–H groups in total. The second-order valence-electron chi connectivity index (χ2n) is 21.2. The second kappa shape index (κ2) is 58.6. The minimum absolute atomic E-state index is 0.165. The highest BCUT2D eigenvalue weighted by Crippen LogP contribution is 2.43. The van der Waals surface area contributed by atoms with Crippen LogP contribution in [0.1, 0.15) is 303 Å². The van der Waals surface area contributed by atoms with E-state index in [1.807, 2.05) is 0 Å². The molecule has 0 saturated carbocycles. The average molecular weight is 1090 g/mol. The third kappa shape index (κ3) is 56.2. The summed E-state index contributed by atoms with van der Waals surface area (Å²) in [5.74, 6) is -1.48. The number of ether oxygens (including phenoxy) is 3. The number of hydrogen-bond donors (Lipinski definition) is 2. The van der Waals surface area contributed by atoms with E-state index in [0.717, 1.165) is 83.5 Å². The predicted molar refractivity (Wildman–Crippen MR) is 316 cm³/mol. The first-order chi connectivity index (χ1) is 37.2. The van der Waals surface area contributed by atoms with E-state index in [9.17, 15) is 28.9 Å². The third-order valence-corrected chi connectivity index (χ3v) is 14.7. The molecule has 12 heteroatoms. The largest absolute Gasteiger partial charge is 0.472 e. The van der Waals surface area contributed by atoms with Crippen molar-refractivity contribution in [2.75, 3.05) is 26.4 Å². The van der Waals surface area contributed by atoms with Gasteiger partial charge in [0.2, 0.25) is 0 Å². The van der Waals surface area contributed by atoms with Crippen molar-refractivity contribution in [1.29, 1.82) is 0 Å². The molecule has 0 bridgehead atoms. The van der Waals surface area contributed by atoms with Gasteiger partial charge in [0.05, 0.1) is 19.8 Å². The Balaban J connectivity index is 4.66. The van der Waals surface area contributed by atoms with Crippen molar-refractivity contribution in [3.8, 4) is 0 Å². The van der Waals surface area contributed by atoms with Crippen molar-refractivity contribution >= 4 is 25.7 Å². The molecule has 0 amide bonds. The fourth-order valence-corrected chi connectivity index (χ4v) is 9.74. The molecule has 0 saturated heterocycles. The Morgan fingerprint density at radius 2 is 0.684 bits per heavy atom. The summed E-state index contributed by atoms with van der Waals surface area (Å²) in [5.41, 5.74) is 0. The van der Waals surface area contributed by atoms with Crippen molar-refractivity contribution < 1.29 is 52.2 Å². The van der Waals surface area contributed by atoms with Crippen molar-refractivity contribution in [1.82, 2.24) is 0 Å². The summed E-state index contributed by atoms with van der Waals surface area (Å²) in [6, 6.07) is 0. The topological polar surface area (TPSA) is 155 Å². The molecule has 3 unspecified atom stereocenters. The van der Waals surface area contributed by atoms with Gasteiger partial charge >= 0.3 is 25.7 Å². The summed E-state index contributed by atoms with van der Waals surface area (Å²) in [5, 5.41) is 9.84. The molecule has 444 valence electrons. The van der Waals surface area contributed by atoms with Crippen LogP contribution >= 0.6 is 7.82 Å². The van der Waals surface area contributed by atoms with E-state index < -0.39 is 57.8 Å². The molecule has 0 aliphatic rings. The highest BCUT2D eigenvalue weighted by atomic mass is 31.2. The van der Waals surface area contributed by atoms with Crippen LogP contribution in [0.5, 0.6) is 0 Å². The highest BCUT2D eigenvalue weighted by Gasteiger charge is 2.28. The Hall–Kier alpha value is -2.56. The van der Waals surface area contributed by atoms with Crippen molar-refractivity contribution in [3.05, 3.63) is 48.6 Å². The molecule has 0 aliphatic heterocycles. The summed E-state index contributed by atoms with van der Waals surface area (Å²) in [6.07, 6.45) is 63.6. The van der Waals surface area contributed by atoms with Gasteiger partial charge in [0.25, 0.3) is 0 Å². The normalized spacial score (nSPS) is 13.6. The van der Waals surface area contributed by atoms with Gasteiger partial charge in [-0.2, -0.15) is 0 Å². The standard InChI is InChI=1S/C64H117O11P/c1-4-7-10-13-16-19-22-25-27-29-30-32-34-37-40-43-46-49-52-55-64(68)75-61(57-71-62(66)53-50-47-44-41-38-35-24-21-18-15-12-9-6-3)59-73-76(69,70)72-58-60(56-65)74-63(67)54-51-48-45-42-39-36-33-31-28-26-23-20-17-14-11-8-5-2/h9,12,18,21,26,28,35,38,60-61,65H,4-8,10-11,13-17,19-20,22-25,27,29-34,36-37,39-59H2,1-3H3,(H,69,70)/b12-9-,21-18-,28-26-,38-35-. The van der Waals surface area contributed by atoms with Crippen LogP contribution in [-0.4, -0.2) is 66.5 Å². The van der Waals surface area contributed by atoms with Crippen LogP contribution in [0, 0.1) is 0 Å². The molecule has 11 nitrogen and oxygen atoms in total. The zero-order valence-electron chi connectivity index (χ0n) is 49.2. The quantitative estimate of drug-likeness (QED) is 0.0197. The van der Waals surface area contributed by atoms with Crippen LogP contribution in [0.15, 0.2) is 48.6 Å². The van der Waals surface area contributed by atoms with Gasteiger partial charge in [0, 0.05) is 19.3 Å². The smallest absolute Gasteiger partial charge is 0.462 e. The molecule has 0 rings (SSSR count). The minimum Gasteiger partial charge on any atom is -0.462 e. The SMILES string of the molecule is CC/C=C\C/C=C\C/C=C\CCCCCC(=O)OCC(COP(=O)(O)OCC(CO)OC(=O)CCCCCCCCC/C=C\CCCCCCCC)OC(=O)CCCCCCCCCCCCCCCCCCCCC. The summed E-state index contributed by atoms with van der Waals surface area (Å²) in [4.78, 5) is 48.6. The Bertz CT molecular complexity index is 1460. The highest BCUT2D eigenvalue weighted by molar-refractivity contribution is 7.47. The van der Waals surface area contributed by atoms with Crippen LogP contribution in [0.25, 0.3) is 0 Å². The number of aliphatic hydroxyl groups is 1. The molecule has 76 heavy (non-hydrogen) atoms. The molecule has 0 aliphatic carbocycles. The zero-order valence-corrected chi connectivity index (χ0v) is 50.1. The number of aliphatic hydroxyl groups excluding tert-OH is 1. The first-order valence-corrected chi connectivity index (χ1v) is 33.0. The molecular weight excluding hydrogens is 976 g/mol. The number of unbranched alkanes of at least 4 members (excludes halogenated alkanes) is 34. The zero-order chi connectivity index (χ0) is 55.5. The molecular formula is C64H117O11P. The number of phosphoric acid groups is 1. The lowest BCUT2D eigenvalue weighted by Crippen LogP contribution is -2.30. The van der Waals surface area contributed by atoms with Gasteiger partial charge in [0.15, 0.2) is 6.10 Å². The summed E-state index contributed by atoms with van der Waals surface area (Å²) in [6.45, 7) is 4.55. The lowest BCUT2D eigenvalue weighted by molar-refractivity contribution is -0.161. The Labute approximate surface area is 466 Å². The minimum atomic E-state index is -4.75. The number of allylic oxidation sites excluding steroid dienone is 8. The van der Waals surface area contributed by atoms with E-state index in [2.05, 4.69) is 69.4 Å². The van der Waals surface area contributed by atoms with E-state index >= 15 is 0 Å². The van der Waals surface area contributed by atoms with Gasteiger partial charge in [-0.15, -0.1) is 0 Å². The van der Waals surface area contributed by atoms with Gasteiger partial charge in [-0.05, 0) is 77.0 Å². The molecule has 0 spiro atoms.